The summed E-state index contributed by atoms with van der Waals surface area (Å²) in [6, 6.07) is 7.74. The van der Waals surface area contributed by atoms with Crippen LogP contribution in [0.5, 0.6) is 0 Å². The monoisotopic (exact) mass is 216 g/mol. The van der Waals surface area contributed by atoms with E-state index in [4.69, 9.17) is 0 Å². The summed E-state index contributed by atoms with van der Waals surface area (Å²) >= 11 is 0. The molecule has 1 N–H and O–H groups in total. The van der Waals surface area contributed by atoms with E-state index in [1.54, 1.807) is 11.0 Å². The fourth-order valence-corrected chi connectivity index (χ4v) is 1.44. The number of nitrogens with one attached hydrogen (secondary N) is 1. The van der Waals surface area contributed by atoms with Crippen molar-refractivity contribution in [1.29, 1.82) is 0 Å². The predicted molar refractivity (Wildman–Crippen MR) is 58.9 cm³/mol. The molecule has 0 unspecified atom stereocenters. The molecular formula is C11H12N4O. The number of amides is 1. The van der Waals surface area contributed by atoms with Crippen LogP contribution in [0.3, 0.4) is 0 Å². The molecule has 0 saturated carbocycles. The highest BCUT2D eigenvalue weighted by atomic mass is 16.1. The topological polar surface area (TPSA) is 59.8 Å². The predicted octanol–water partition coefficient (Wildman–Crippen LogP) is 0.903. The van der Waals surface area contributed by atoms with Crippen molar-refractivity contribution in [2.45, 2.75) is 13.5 Å². The molecule has 0 saturated heterocycles. The highest BCUT2D eigenvalue weighted by Gasteiger charge is 2.04. The van der Waals surface area contributed by atoms with E-state index in [2.05, 4.69) is 15.4 Å². The van der Waals surface area contributed by atoms with Crippen LogP contribution in [0, 0.1) is 0 Å². The zero-order valence-electron chi connectivity index (χ0n) is 8.92. The molecule has 2 aromatic rings. The molecule has 0 bridgehead atoms. The van der Waals surface area contributed by atoms with Crippen LogP contribution in [0.1, 0.15) is 12.5 Å². The van der Waals surface area contributed by atoms with Crippen molar-refractivity contribution in [1.82, 2.24) is 20.1 Å². The molecule has 82 valence electrons. The largest absolute Gasteiger partial charge is 0.352 e. The molecule has 0 aliphatic carbocycles. The molecule has 1 heterocycles. The van der Waals surface area contributed by atoms with E-state index in [-0.39, 0.29) is 5.91 Å². The molecular weight excluding hydrogens is 204 g/mol. The Morgan fingerprint density at radius 3 is 2.94 bits per heavy atom. The Balaban J connectivity index is 2.27. The summed E-state index contributed by atoms with van der Waals surface area (Å²) in [4.78, 5) is 14.8. The average molecular weight is 216 g/mol. The molecule has 0 spiro atoms. The van der Waals surface area contributed by atoms with Gasteiger partial charge in [-0.15, -0.1) is 0 Å². The fourth-order valence-electron chi connectivity index (χ4n) is 1.44. The van der Waals surface area contributed by atoms with Crippen LogP contribution in [0.4, 0.5) is 0 Å². The third-order valence-corrected chi connectivity index (χ3v) is 2.18. The minimum Gasteiger partial charge on any atom is -0.352 e. The van der Waals surface area contributed by atoms with Crippen molar-refractivity contribution >= 4 is 5.91 Å². The number of para-hydroxylation sites is 1. The second kappa shape index (κ2) is 4.57. The molecule has 0 aliphatic heterocycles. The van der Waals surface area contributed by atoms with Gasteiger partial charge in [-0.1, -0.05) is 18.2 Å². The highest BCUT2D eigenvalue weighted by molar-refractivity contribution is 5.72. The van der Waals surface area contributed by atoms with Crippen molar-refractivity contribution in [2.24, 2.45) is 0 Å². The normalized spacial score (nSPS) is 10.1. The van der Waals surface area contributed by atoms with E-state index in [0.717, 1.165) is 11.3 Å². The van der Waals surface area contributed by atoms with Crippen LogP contribution in [-0.4, -0.2) is 20.7 Å². The Hall–Kier alpha value is -2.17. The maximum absolute atomic E-state index is 10.9. The van der Waals surface area contributed by atoms with E-state index in [1.165, 1.54) is 13.3 Å². The Labute approximate surface area is 93.1 Å². The third kappa shape index (κ3) is 2.25. The van der Waals surface area contributed by atoms with Crippen LogP contribution in [0.25, 0.3) is 5.69 Å². The first kappa shape index (κ1) is 10.4. The van der Waals surface area contributed by atoms with Crippen molar-refractivity contribution < 1.29 is 4.79 Å². The van der Waals surface area contributed by atoms with Crippen molar-refractivity contribution in [3.05, 3.63) is 42.5 Å². The number of carbonyl (C=O) groups is 1. The van der Waals surface area contributed by atoms with Gasteiger partial charge in [-0.2, -0.15) is 5.10 Å². The fraction of sp³-hybridized carbons (Fsp3) is 0.182. The molecule has 1 amide bonds. The summed E-state index contributed by atoms with van der Waals surface area (Å²) < 4.78 is 1.68. The highest BCUT2D eigenvalue weighted by Crippen LogP contribution is 2.12. The summed E-state index contributed by atoms with van der Waals surface area (Å²) in [6.07, 6.45) is 3.11. The van der Waals surface area contributed by atoms with Gasteiger partial charge in [0, 0.05) is 13.5 Å². The second-order valence-corrected chi connectivity index (χ2v) is 3.38. The van der Waals surface area contributed by atoms with Gasteiger partial charge in [0.05, 0.1) is 5.69 Å². The van der Waals surface area contributed by atoms with Gasteiger partial charge in [0.1, 0.15) is 12.7 Å². The maximum atomic E-state index is 10.9. The van der Waals surface area contributed by atoms with Crippen LogP contribution in [-0.2, 0) is 11.3 Å². The molecule has 1 aromatic heterocycles. The second-order valence-electron chi connectivity index (χ2n) is 3.38. The number of hydrogen-bond donors (Lipinski definition) is 1. The van der Waals surface area contributed by atoms with Crippen molar-refractivity contribution in [2.75, 3.05) is 0 Å². The molecule has 1 aromatic carbocycles. The van der Waals surface area contributed by atoms with Crippen LogP contribution in [0.2, 0.25) is 0 Å². The summed E-state index contributed by atoms with van der Waals surface area (Å²) in [5.41, 5.74) is 1.93. The number of benzene rings is 1. The van der Waals surface area contributed by atoms with E-state index >= 15 is 0 Å². The lowest BCUT2D eigenvalue weighted by Crippen LogP contribution is -2.20. The molecule has 16 heavy (non-hydrogen) atoms. The van der Waals surface area contributed by atoms with Gasteiger partial charge in [0.25, 0.3) is 0 Å². The Bertz CT molecular complexity index is 478. The van der Waals surface area contributed by atoms with Gasteiger partial charge in [0.15, 0.2) is 0 Å². The van der Waals surface area contributed by atoms with Crippen molar-refractivity contribution in [3.63, 3.8) is 0 Å². The molecule has 0 fully saturated rings. The Morgan fingerprint density at radius 2 is 2.25 bits per heavy atom. The lowest BCUT2D eigenvalue weighted by molar-refractivity contribution is -0.119. The molecule has 0 radical (unpaired) electrons. The summed E-state index contributed by atoms with van der Waals surface area (Å²) in [5.74, 6) is -0.0478. The molecule has 2 rings (SSSR count). The molecule has 5 nitrogen and oxygen atoms in total. The first-order valence-corrected chi connectivity index (χ1v) is 4.94. The summed E-state index contributed by atoms with van der Waals surface area (Å²) in [7, 11) is 0. The standard InChI is InChI=1S/C11H12N4O/c1-9(16)13-6-10-4-2-3-5-11(10)15-8-12-7-14-15/h2-5,7-8H,6H2,1H3,(H,13,16). The zero-order chi connectivity index (χ0) is 11.4. The zero-order valence-corrected chi connectivity index (χ0v) is 8.92. The van der Waals surface area contributed by atoms with Gasteiger partial charge in [-0.25, -0.2) is 9.67 Å². The van der Waals surface area contributed by atoms with E-state index < -0.39 is 0 Å². The van der Waals surface area contributed by atoms with Crippen LogP contribution in [0.15, 0.2) is 36.9 Å². The van der Waals surface area contributed by atoms with Crippen LogP contribution >= 0.6 is 0 Å². The Kier molecular flexibility index (Phi) is 2.95. The van der Waals surface area contributed by atoms with Crippen molar-refractivity contribution in [3.8, 4) is 5.69 Å². The number of aromatic nitrogens is 3. The van der Waals surface area contributed by atoms with Gasteiger partial charge in [0.2, 0.25) is 5.91 Å². The minimum atomic E-state index is -0.0478. The van der Waals surface area contributed by atoms with E-state index in [0.29, 0.717) is 6.54 Å². The Morgan fingerprint density at radius 1 is 1.44 bits per heavy atom. The third-order valence-electron chi connectivity index (χ3n) is 2.18. The average Bonchev–Trinajstić information content (AvgIpc) is 2.80. The number of hydrogen-bond acceptors (Lipinski definition) is 3. The van der Waals surface area contributed by atoms with E-state index in [1.807, 2.05) is 24.3 Å². The molecule has 0 atom stereocenters. The SMILES string of the molecule is CC(=O)NCc1ccccc1-n1cncn1. The number of rotatable bonds is 3. The molecule has 0 aliphatic rings. The summed E-state index contributed by atoms with van der Waals surface area (Å²) in [5, 5.41) is 6.83. The lowest BCUT2D eigenvalue weighted by atomic mass is 10.2. The first-order chi connectivity index (χ1) is 7.77. The van der Waals surface area contributed by atoms with Crippen LogP contribution < -0.4 is 5.32 Å². The minimum absolute atomic E-state index is 0.0478. The lowest BCUT2D eigenvalue weighted by Gasteiger charge is -2.08. The van der Waals surface area contributed by atoms with E-state index in [9.17, 15) is 4.79 Å². The summed E-state index contributed by atoms with van der Waals surface area (Å²) in [6.45, 7) is 1.99. The number of carbonyl (C=O) groups excluding carboxylic acids is 1. The maximum Gasteiger partial charge on any atom is 0.217 e. The smallest absolute Gasteiger partial charge is 0.217 e. The molecule has 5 heteroatoms. The van der Waals surface area contributed by atoms with Gasteiger partial charge in [-0.3, -0.25) is 4.79 Å². The first-order valence-electron chi connectivity index (χ1n) is 4.94. The van der Waals surface area contributed by atoms with Gasteiger partial charge in [-0.05, 0) is 11.6 Å². The quantitative estimate of drug-likeness (QED) is 0.829. The van der Waals surface area contributed by atoms with Gasteiger partial charge < -0.3 is 5.32 Å². The van der Waals surface area contributed by atoms with Gasteiger partial charge >= 0.3 is 0 Å². The number of nitrogens with zero attached hydrogens (tertiary/aromatic N) is 3.